The molecule has 198 valence electrons. The summed E-state index contributed by atoms with van der Waals surface area (Å²) >= 11 is 0. The molecular weight excluding hydrogens is 494 g/mol. The average molecular weight is 524 g/mol. The number of nitrogens with zero attached hydrogens (tertiary/aromatic N) is 3. The van der Waals surface area contributed by atoms with Crippen LogP contribution in [0, 0.1) is 11.3 Å². The van der Waals surface area contributed by atoms with Gasteiger partial charge in [0.1, 0.15) is 34.9 Å². The highest BCUT2D eigenvalue weighted by Gasteiger charge is 2.30. The fourth-order valence-corrected chi connectivity index (χ4v) is 5.02. The van der Waals surface area contributed by atoms with Gasteiger partial charge in [0, 0.05) is 49.3 Å². The first kappa shape index (κ1) is 25.0. The molecule has 2 fully saturated rings. The van der Waals surface area contributed by atoms with E-state index in [-0.39, 0.29) is 12.0 Å². The highest BCUT2D eigenvalue weighted by molar-refractivity contribution is 5.97. The third kappa shape index (κ3) is 4.93. The summed E-state index contributed by atoms with van der Waals surface area (Å²) in [5.41, 5.74) is 4.70. The predicted octanol–water partition coefficient (Wildman–Crippen LogP) is 5.83. The molecule has 8 heteroatoms. The van der Waals surface area contributed by atoms with Gasteiger partial charge in [0.25, 0.3) is 5.91 Å². The molecule has 1 aliphatic carbocycles. The number of nitriles is 1. The summed E-state index contributed by atoms with van der Waals surface area (Å²) in [6.07, 6.45) is 5.48. The van der Waals surface area contributed by atoms with Crippen molar-refractivity contribution >= 4 is 17.0 Å². The standard InChI is InChI=1S/C31H29N3O5/c1-34(22-5-6-22)31(35)20-3-7-25(28(16-20)36-2)29-17-26-30(39-29)24(9-12-33-26)19-4-8-27(21(15-19)18-32)38-23-10-13-37-14-11-23/h3-4,7-9,12,15-17,22-23H,5-6,10-11,13-14H2,1-2H3. The molecule has 2 aromatic heterocycles. The van der Waals surface area contributed by atoms with Crippen molar-refractivity contribution in [2.24, 2.45) is 0 Å². The molecule has 6 rings (SSSR count). The van der Waals surface area contributed by atoms with Gasteiger partial charge in [0.15, 0.2) is 5.58 Å². The van der Waals surface area contributed by atoms with Crippen LogP contribution in [0.2, 0.25) is 0 Å². The van der Waals surface area contributed by atoms with Crippen LogP contribution in [-0.2, 0) is 4.74 Å². The Hall–Kier alpha value is -4.35. The maximum Gasteiger partial charge on any atom is 0.253 e. The Kier molecular flexibility index (Phi) is 6.67. The lowest BCUT2D eigenvalue weighted by atomic mass is 10.0. The largest absolute Gasteiger partial charge is 0.496 e. The number of hydrogen-bond acceptors (Lipinski definition) is 7. The van der Waals surface area contributed by atoms with Gasteiger partial charge in [0.2, 0.25) is 0 Å². The molecule has 39 heavy (non-hydrogen) atoms. The van der Waals surface area contributed by atoms with Crippen LogP contribution >= 0.6 is 0 Å². The summed E-state index contributed by atoms with van der Waals surface area (Å²) in [5, 5.41) is 9.84. The molecule has 4 aromatic rings. The average Bonchev–Trinajstić information content (AvgIpc) is 3.74. The number of furan rings is 1. The first-order valence-electron chi connectivity index (χ1n) is 13.2. The Morgan fingerprint density at radius 1 is 1.03 bits per heavy atom. The van der Waals surface area contributed by atoms with Crippen LogP contribution in [0.1, 0.15) is 41.6 Å². The van der Waals surface area contributed by atoms with E-state index in [1.807, 2.05) is 43.4 Å². The minimum Gasteiger partial charge on any atom is -0.496 e. The monoisotopic (exact) mass is 523 g/mol. The number of benzene rings is 2. The maximum absolute atomic E-state index is 12.9. The quantitative estimate of drug-likeness (QED) is 0.300. The number of hydrogen-bond donors (Lipinski definition) is 0. The van der Waals surface area contributed by atoms with Crippen LogP contribution in [0.15, 0.2) is 59.1 Å². The number of amides is 1. The number of ether oxygens (including phenoxy) is 3. The molecule has 0 bridgehead atoms. The van der Waals surface area contributed by atoms with Gasteiger partial charge in [0.05, 0.1) is 31.5 Å². The van der Waals surface area contributed by atoms with Gasteiger partial charge in [-0.3, -0.25) is 9.78 Å². The molecule has 0 radical (unpaired) electrons. The lowest BCUT2D eigenvalue weighted by Crippen LogP contribution is -2.28. The van der Waals surface area contributed by atoms with Gasteiger partial charge >= 0.3 is 0 Å². The topological polar surface area (TPSA) is 97.8 Å². The van der Waals surface area contributed by atoms with Gasteiger partial charge in [-0.1, -0.05) is 6.07 Å². The lowest BCUT2D eigenvalue weighted by molar-refractivity contribution is 0.0254. The molecular formula is C31H29N3O5. The first-order valence-corrected chi connectivity index (χ1v) is 13.2. The van der Waals surface area contributed by atoms with Crippen molar-refractivity contribution in [1.29, 1.82) is 5.26 Å². The summed E-state index contributed by atoms with van der Waals surface area (Å²) in [4.78, 5) is 19.2. The van der Waals surface area contributed by atoms with Gasteiger partial charge < -0.3 is 23.5 Å². The Balaban J connectivity index is 1.33. The van der Waals surface area contributed by atoms with Gasteiger partial charge in [-0.05, 0) is 54.8 Å². The van der Waals surface area contributed by atoms with E-state index in [0.29, 0.717) is 58.7 Å². The maximum atomic E-state index is 12.9. The SMILES string of the molecule is COc1cc(C(=O)N(C)C2CC2)ccc1-c1cc2nccc(-c3ccc(OC4CCOCC4)c(C#N)c3)c2o1. The molecule has 3 heterocycles. The summed E-state index contributed by atoms with van der Waals surface area (Å²) in [6.45, 7) is 1.34. The zero-order chi connectivity index (χ0) is 26.9. The van der Waals surface area contributed by atoms with Crippen molar-refractivity contribution < 1.29 is 23.4 Å². The number of rotatable bonds is 7. The van der Waals surface area contributed by atoms with Crippen LogP contribution in [-0.4, -0.2) is 55.3 Å². The van der Waals surface area contributed by atoms with E-state index in [1.54, 1.807) is 30.3 Å². The summed E-state index contributed by atoms with van der Waals surface area (Å²) < 4.78 is 23.5. The summed E-state index contributed by atoms with van der Waals surface area (Å²) in [5.74, 6) is 1.68. The van der Waals surface area contributed by atoms with Crippen LogP contribution in [0.4, 0.5) is 0 Å². The molecule has 1 amide bonds. The van der Waals surface area contributed by atoms with E-state index >= 15 is 0 Å². The fraction of sp³-hybridized carbons (Fsp3) is 0.323. The second kappa shape index (κ2) is 10.4. The summed E-state index contributed by atoms with van der Waals surface area (Å²) in [6, 6.07) is 17.3. The number of methoxy groups -OCH3 is 1. The van der Waals surface area contributed by atoms with E-state index in [4.69, 9.17) is 18.6 Å². The normalized spacial score (nSPS) is 15.6. The smallest absolute Gasteiger partial charge is 0.253 e. The Labute approximate surface area is 226 Å². The Bertz CT molecular complexity index is 1580. The highest BCUT2D eigenvalue weighted by Crippen LogP contribution is 2.39. The van der Waals surface area contributed by atoms with Crippen LogP contribution in [0.5, 0.6) is 11.5 Å². The molecule has 0 unspecified atom stereocenters. The molecule has 2 aliphatic rings. The van der Waals surface area contributed by atoms with Crippen LogP contribution < -0.4 is 9.47 Å². The Morgan fingerprint density at radius 2 is 1.85 bits per heavy atom. The molecule has 0 atom stereocenters. The van der Waals surface area contributed by atoms with Crippen LogP contribution in [0.25, 0.3) is 33.6 Å². The molecule has 1 aliphatic heterocycles. The minimum absolute atomic E-state index is 0.0200. The number of pyridine rings is 1. The van der Waals surface area contributed by atoms with E-state index in [1.165, 1.54) is 0 Å². The second-order valence-corrected chi connectivity index (χ2v) is 10.00. The van der Waals surface area contributed by atoms with Crippen molar-refractivity contribution in [2.45, 2.75) is 37.8 Å². The number of carbonyl (C=O) groups excluding carboxylic acids is 1. The zero-order valence-corrected chi connectivity index (χ0v) is 22.0. The molecule has 1 saturated heterocycles. The van der Waals surface area contributed by atoms with Crippen molar-refractivity contribution in [3.05, 3.63) is 65.9 Å². The Morgan fingerprint density at radius 3 is 2.59 bits per heavy atom. The van der Waals surface area contributed by atoms with E-state index in [2.05, 4.69) is 11.1 Å². The molecule has 0 spiro atoms. The molecule has 8 nitrogen and oxygen atoms in total. The van der Waals surface area contributed by atoms with Crippen molar-refractivity contribution in [3.8, 4) is 40.0 Å². The van der Waals surface area contributed by atoms with Gasteiger partial charge in [-0.2, -0.15) is 5.26 Å². The minimum atomic E-state index is -0.0200. The van der Waals surface area contributed by atoms with E-state index in [9.17, 15) is 10.1 Å². The zero-order valence-electron chi connectivity index (χ0n) is 22.0. The van der Waals surface area contributed by atoms with Crippen molar-refractivity contribution in [1.82, 2.24) is 9.88 Å². The van der Waals surface area contributed by atoms with Gasteiger partial charge in [-0.25, -0.2) is 0 Å². The van der Waals surface area contributed by atoms with Crippen molar-refractivity contribution in [2.75, 3.05) is 27.4 Å². The van der Waals surface area contributed by atoms with E-state index < -0.39 is 0 Å². The number of fused-ring (bicyclic) bond motifs is 1. The van der Waals surface area contributed by atoms with E-state index in [0.717, 1.165) is 42.4 Å². The number of aromatic nitrogens is 1. The summed E-state index contributed by atoms with van der Waals surface area (Å²) in [7, 11) is 3.42. The van der Waals surface area contributed by atoms with Gasteiger partial charge in [-0.15, -0.1) is 0 Å². The third-order valence-electron chi connectivity index (χ3n) is 7.41. The first-order chi connectivity index (χ1) is 19.1. The van der Waals surface area contributed by atoms with Crippen molar-refractivity contribution in [3.63, 3.8) is 0 Å². The number of carbonyl (C=O) groups is 1. The lowest BCUT2D eigenvalue weighted by Gasteiger charge is -2.23. The molecule has 2 aromatic carbocycles. The second-order valence-electron chi connectivity index (χ2n) is 10.00. The highest BCUT2D eigenvalue weighted by atomic mass is 16.5. The third-order valence-corrected chi connectivity index (χ3v) is 7.41. The van der Waals surface area contributed by atoms with Crippen LogP contribution in [0.3, 0.4) is 0 Å². The molecule has 0 N–H and O–H groups in total. The predicted molar refractivity (Wildman–Crippen MR) is 146 cm³/mol. The molecule has 1 saturated carbocycles. The fourth-order valence-electron chi connectivity index (χ4n) is 5.02.